The number of aryl methyl sites for hydroxylation is 3. The Bertz CT molecular complexity index is 1950. The zero-order valence-electron chi connectivity index (χ0n) is 35.9. The van der Waals surface area contributed by atoms with Crippen molar-refractivity contribution >= 4 is 22.3 Å². The third-order valence-electron chi connectivity index (χ3n) is 9.15. The van der Waals surface area contributed by atoms with Crippen molar-refractivity contribution in [2.45, 2.75) is 99.5 Å². The average molecular weight is 905 g/mol. The molecule has 0 bridgehead atoms. The van der Waals surface area contributed by atoms with Crippen LogP contribution in [0.15, 0.2) is 18.6 Å². The standard InChI is InChI=1S/C15H25N2O3P.C13H21N2O5P.C10H17N2O5P/c1-11-14-13(10-19-15(2,3)20-14)12(9-17-11)8-16-6-7-21(4,5)18;1-9-12-11(8-19-13(2,3)20-12)10(7-15-9)6-14-4-5-21(16,17)18;1-7-10(14)9(6-13)8(5-12-7)4-11-2-3-18(15,16)17/h9,16H,6-8,10H2,1-5H3;7,14H,4-6,8H2,1-3H3,(H2,16,17,18);5,11,13-14H,2-4,6H2,1H3,(H2,15,16,17). The molecule has 19 nitrogen and oxygen atoms in total. The summed E-state index contributed by atoms with van der Waals surface area (Å²) in [5.74, 6) is 0.239. The fraction of sp³-hybridized carbons (Fsp3) is 0.605. The molecule has 0 unspecified atom stereocenters. The van der Waals surface area contributed by atoms with Gasteiger partial charge in [-0.05, 0) is 50.8 Å². The van der Waals surface area contributed by atoms with Crippen molar-refractivity contribution in [3.05, 3.63) is 69.1 Å². The lowest BCUT2D eigenvalue weighted by molar-refractivity contribution is -0.181. The van der Waals surface area contributed by atoms with Gasteiger partial charge in [-0.25, -0.2) is 0 Å². The van der Waals surface area contributed by atoms with Crippen molar-refractivity contribution in [1.82, 2.24) is 30.9 Å². The number of ether oxygens (including phenoxy) is 4. The molecule has 0 fully saturated rings. The van der Waals surface area contributed by atoms with E-state index >= 15 is 0 Å². The van der Waals surface area contributed by atoms with Crippen LogP contribution < -0.4 is 25.4 Å². The average Bonchev–Trinajstić information content (AvgIpc) is 3.12. The Morgan fingerprint density at radius 3 is 1.38 bits per heavy atom. The topological polar surface area (TPSA) is 284 Å². The van der Waals surface area contributed by atoms with Crippen LogP contribution in [0.25, 0.3) is 0 Å². The van der Waals surface area contributed by atoms with E-state index in [4.69, 9.17) is 43.6 Å². The number of aliphatic hydroxyl groups excluding tert-OH is 1. The summed E-state index contributed by atoms with van der Waals surface area (Å²) >= 11 is 0. The number of hydrogen-bond acceptors (Lipinski definition) is 15. The molecule has 0 spiro atoms. The van der Waals surface area contributed by atoms with E-state index in [0.29, 0.717) is 49.3 Å². The lowest BCUT2D eigenvalue weighted by Crippen LogP contribution is -2.36. The minimum absolute atomic E-state index is 0.0493. The lowest BCUT2D eigenvalue weighted by atomic mass is 10.1. The zero-order chi connectivity index (χ0) is 45.1. The summed E-state index contributed by atoms with van der Waals surface area (Å²) in [5.41, 5.74) is 7.09. The van der Waals surface area contributed by atoms with Crippen LogP contribution in [-0.4, -0.2) is 108 Å². The molecule has 9 N–H and O–H groups in total. The van der Waals surface area contributed by atoms with Gasteiger partial charge in [0.15, 0.2) is 0 Å². The smallest absolute Gasteiger partial charge is 0.326 e. The maximum absolute atomic E-state index is 11.7. The van der Waals surface area contributed by atoms with Crippen LogP contribution in [0.2, 0.25) is 0 Å². The van der Waals surface area contributed by atoms with Crippen molar-refractivity contribution in [3.8, 4) is 17.2 Å². The number of rotatable bonds is 16. The highest BCUT2D eigenvalue weighted by molar-refractivity contribution is 7.62. The molecule has 60 heavy (non-hydrogen) atoms. The molecule has 2 aliphatic rings. The first-order valence-electron chi connectivity index (χ1n) is 19.3. The summed E-state index contributed by atoms with van der Waals surface area (Å²) in [6.07, 6.45) is 5.38. The van der Waals surface area contributed by atoms with E-state index in [2.05, 4.69) is 30.9 Å². The Kier molecular flexibility index (Phi) is 18.9. The van der Waals surface area contributed by atoms with Crippen LogP contribution >= 0.6 is 22.3 Å². The first-order chi connectivity index (χ1) is 27.7. The van der Waals surface area contributed by atoms with Gasteiger partial charge in [-0.3, -0.25) is 24.1 Å². The molecule has 3 aromatic heterocycles. The Morgan fingerprint density at radius 2 is 1.00 bits per heavy atom. The number of hydrogen-bond donors (Lipinski definition) is 9. The zero-order valence-corrected chi connectivity index (χ0v) is 38.6. The first kappa shape index (κ1) is 51.5. The van der Waals surface area contributed by atoms with Crippen LogP contribution in [0.4, 0.5) is 0 Å². The largest absolute Gasteiger partial charge is 0.506 e. The van der Waals surface area contributed by atoms with Crippen LogP contribution in [0, 0.1) is 20.8 Å². The molecule has 2 aliphatic heterocycles. The minimum atomic E-state index is -4.00. The molecule has 3 aromatic rings. The summed E-state index contributed by atoms with van der Waals surface area (Å²) < 4.78 is 56.2. The first-order valence-corrected chi connectivity index (χ1v) is 25.7. The second kappa shape index (κ2) is 22.0. The summed E-state index contributed by atoms with van der Waals surface area (Å²) in [5, 5.41) is 28.0. The molecule has 0 saturated heterocycles. The molecular formula is C38H63N6O13P3. The van der Waals surface area contributed by atoms with Gasteiger partial charge in [0.05, 0.1) is 56.4 Å². The Morgan fingerprint density at radius 1 is 0.633 bits per heavy atom. The van der Waals surface area contributed by atoms with E-state index < -0.39 is 33.9 Å². The molecule has 22 heteroatoms. The van der Waals surface area contributed by atoms with Crippen molar-refractivity contribution in [1.29, 1.82) is 0 Å². The lowest BCUT2D eigenvalue weighted by Gasteiger charge is -2.34. The van der Waals surface area contributed by atoms with Gasteiger partial charge < -0.3 is 69.2 Å². The van der Waals surface area contributed by atoms with Gasteiger partial charge in [-0.15, -0.1) is 0 Å². The van der Waals surface area contributed by atoms with Gasteiger partial charge in [-0.1, -0.05) is 0 Å². The monoisotopic (exact) mass is 904 g/mol. The van der Waals surface area contributed by atoms with E-state index in [-0.39, 0.29) is 44.3 Å². The summed E-state index contributed by atoms with van der Waals surface area (Å²) in [4.78, 5) is 47.7. The van der Waals surface area contributed by atoms with Crippen LogP contribution in [-0.2, 0) is 62.6 Å². The quantitative estimate of drug-likeness (QED) is 0.0728. The predicted octanol–water partition coefficient (Wildman–Crippen LogP) is 3.91. The van der Waals surface area contributed by atoms with Gasteiger partial charge in [0, 0.05) is 108 Å². The van der Waals surface area contributed by atoms with E-state index in [1.54, 1.807) is 13.1 Å². The highest BCUT2D eigenvalue weighted by Crippen LogP contribution is 2.38. The Hall–Kier alpha value is -2.86. The second-order valence-corrected chi connectivity index (χ2v) is 23.0. The number of fused-ring (bicyclic) bond motifs is 2. The van der Waals surface area contributed by atoms with E-state index in [9.17, 15) is 18.8 Å². The number of nitrogens with one attached hydrogen (secondary N) is 3. The summed E-state index contributed by atoms with van der Waals surface area (Å²) in [6.45, 7) is 19.8. The number of nitrogens with zero attached hydrogens (tertiary/aromatic N) is 3. The molecule has 0 aromatic carbocycles. The molecule has 0 radical (unpaired) electrons. The fourth-order valence-electron chi connectivity index (χ4n) is 5.77. The molecule has 5 heterocycles. The fourth-order valence-corrected chi connectivity index (χ4v) is 7.36. The maximum atomic E-state index is 11.7. The van der Waals surface area contributed by atoms with Gasteiger partial charge in [0.1, 0.15) is 17.2 Å². The maximum Gasteiger partial charge on any atom is 0.326 e. The molecule has 5 rings (SSSR count). The number of aliphatic hydroxyl groups is 1. The van der Waals surface area contributed by atoms with E-state index in [1.807, 2.05) is 61.1 Å². The van der Waals surface area contributed by atoms with Gasteiger partial charge in [0.25, 0.3) is 0 Å². The second-order valence-electron chi connectivity index (χ2n) is 15.9. The van der Waals surface area contributed by atoms with Crippen molar-refractivity contribution in [2.24, 2.45) is 0 Å². The highest BCUT2D eigenvalue weighted by atomic mass is 31.2. The minimum Gasteiger partial charge on any atom is -0.506 e. The Balaban J connectivity index is 0.000000241. The Labute approximate surface area is 352 Å². The summed E-state index contributed by atoms with van der Waals surface area (Å²) in [7, 11) is -9.92. The van der Waals surface area contributed by atoms with Gasteiger partial charge in [0.2, 0.25) is 11.6 Å². The molecule has 0 aliphatic carbocycles. The normalized spacial score (nSPS) is 15.6. The van der Waals surface area contributed by atoms with Gasteiger partial charge in [-0.2, -0.15) is 0 Å². The van der Waals surface area contributed by atoms with E-state index in [0.717, 1.165) is 51.7 Å². The van der Waals surface area contributed by atoms with Crippen LogP contribution in [0.3, 0.4) is 0 Å². The number of aromatic nitrogens is 3. The highest BCUT2D eigenvalue weighted by Gasteiger charge is 2.31. The molecular weight excluding hydrogens is 841 g/mol. The van der Waals surface area contributed by atoms with Crippen LogP contribution in [0.5, 0.6) is 17.2 Å². The molecule has 0 atom stereocenters. The van der Waals surface area contributed by atoms with Crippen molar-refractivity contribution in [3.63, 3.8) is 0 Å². The molecule has 0 saturated carbocycles. The summed E-state index contributed by atoms with van der Waals surface area (Å²) in [6, 6.07) is 0. The van der Waals surface area contributed by atoms with Crippen molar-refractivity contribution in [2.75, 3.05) is 51.4 Å². The third-order valence-corrected chi connectivity index (χ3v) is 12.1. The molecule has 338 valence electrons. The number of aromatic hydroxyl groups is 1. The van der Waals surface area contributed by atoms with Crippen LogP contribution in [0.1, 0.15) is 78.2 Å². The molecule has 0 amide bonds. The SMILES string of the molecule is Cc1ncc(CNCCP(=O)(O)O)c(CO)c1O.Cc1ncc(CNCCP(=O)(O)O)c2c1OC(C)(C)OC2.Cc1ncc(CNCCP(C)(C)=O)c2c1OC(C)(C)OC2. The third kappa shape index (κ3) is 17.5. The van der Waals surface area contributed by atoms with E-state index in [1.165, 1.54) is 6.20 Å². The van der Waals surface area contributed by atoms with Gasteiger partial charge >= 0.3 is 15.2 Å². The van der Waals surface area contributed by atoms with Crippen molar-refractivity contribution < 1.29 is 62.4 Å². The number of pyridine rings is 3. The predicted molar refractivity (Wildman–Crippen MR) is 227 cm³/mol.